The molecule has 0 aliphatic heterocycles. The molecule has 5 heteroatoms. The first-order chi connectivity index (χ1) is 29.7. The van der Waals surface area contributed by atoms with E-state index in [0.717, 1.165) is 88.7 Å². The third-order valence-corrected chi connectivity index (χ3v) is 12.8. The maximum Gasteiger partial charge on any atom is 0.160 e. The van der Waals surface area contributed by atoms with Crippen LogP contribution in [0.2, 0.25) is 0 Å². The molecule has 0 radical (unpaired) electrons. The van der Waals surface area contributed by atoms with Crippen molar-refractivity contribution in [2.45, 2.75) is 0 Å². The van der Waals surface area contributed by atoms with E-state index in [-0.39, 0.29) is 0 Å². The molecule has 0 saturated carbocycles. The molecule has 12 rings (SSSR count). The zero-order chi connectivity index (χ0) is 39.6. The van der Waals surface area contributed by atoms with E-state index in [1.807, 2.05) is 53.9 Å². The van der Waals surface area contributed by atoms with Gasteiger partial charge in [0.2, 0.25) is 0 Å². The van der Waals surface area contributed by atoms with Crippen LogP contribution in [0.5, 0.6) is 0 Å². The van der Waals surface area contributed by atoms with Gasteiger partial charge in [0, 0.05) is 64.8 Å². The second-order valence-corrected chi connectivity index (χ2v) is 16.2. The van der Waals surface area contributed by atoms with Crippen LogP contribution < -0.4 is 0 Å². The van der Waals surface area contributed by atoms with Gasteiger partial charge in [0.05, 0.1) is 16.9 Å². The van der Waals surface area contributed by atoms with Crippen LogP contribution in [0.1, 0.15) is 0 Å². The topological polar surface area (TPSA) is 51.8 Å². The predicted octanol–water partition coefficient (Wildman–Crippen LogP) is 15.3. The summed E-state index contributed by atoms with van der Waals surface area (Å²) in [5.74, 6) is 0.676. The van der Waals surface area contributed by atoms with E-state index >= 15 is 0 Å². The summed E-state index contributed by atoms with van der Waals surface area (Å²) in [6.45, 7) is 0. The summed E-state index contributed by atoms with van der Waals surface area (Å²) in [6, 6.07) is 68.3. The van der Waals surface area contributed by atoms with E-state index in [0.29, 0.717) is 5.82 Å². The molecule has 0 saturated heterocycles. The van der Waals surface area contributed by atoms with Crippen molar-refractivity contribution in [3.63, 3.8) is 0 Å². The number of benzene rings is 8. The molecule has 280 valence electrons. The molecule has 0 bridgehead atoms. The van der Waals surface area contributed by atoms with E-state index in [1.165, 1.54) is 25.7 Å². The lowest BCUT2D eigenvalue weighted by Crippen LogP contribution is -1.96. The van der Waals surface area contributed by atoms with E-state index in [1.54, 1.807) is 0 Å². The number of rotatable bonds is 6. The highest BCUT2D eigenvalue weighted by atomic mass is 32.1. The number of thiophene rings is 1. The molecule has 0 atom stereocenters. The Hall–Kier alpha value is -7.73. The van der Waals surface area contributed by atoms with Crippen molar-refractivity contribution in [2.24, 2.45) is 0 Å². The van der Waals surface area contributed by atoms with E-state index < -0.39 is 0 Å². The van der Waals surface area contributed by atoms with E-state index in [9.17, 15) is 0 Å². The minimum Gasteiger partial charge on any atom is -0.455 e. The molecule has 60 heavy (non-hydrogen) atoms. The average molecular weight is 784 g/mol. The summed E-state index contributed by atoms with van der Waals surface area (Å²) < 4.78 is 9.33. The number of nitrogens with zero attached hydrogens (tertiary/aromatic N) is 3. The lowest BCUT2D eigenvalue weighted by atomic mass is 9.93. The van der Waals surface area contributed by atoms with Crippen LogP contribution >= 0.6 is 11.3 Å². The van der Waals surface area contributed by atoms with Gasteiger partial charge in [0.1, 0.15) is 11.2 Å². The largest absolute Gasteiger partial charge is 0.455 e. The van der Waals surface area contributed by atoms with Crippen molar-refractivity contribution in [1.29, 1.82) is 0 Å². The van der Waals surface area contributed by atoms with Crippen LogP contribution in [0.15, 0.2) is 205 Å². The highest BCUT2D eigenvalue weighted by Gasteiger charge is 2.19. The van der Waals surface area contributed by atoms with Crippen molar-refractivity contribution in [3.05, 3.63) is 200 Å². The summed E-state index contributed by atoms with van der Waals surface area (Å²) in [5.41, 5.74) is 14.2. The van der Waals surface area contributed by atoms with Gasteiger partial charge in [-0.2, -0.15) is 0 Å². The van der Waals surface area contributed by atoms with Crippen molar-refractivity contribution in [3.8, 4) is 67.3 Å². The summed E-state index contributed by atoms with van der Waals surface area (Å²) in [6.07, 6.45) is 1.84. The molecule has 0 aliphatic carbocycles. The Kier molecular flexibility index (Phi) is 8.00. The van der Waals surface area contributed by atoms with Crippen LogP contribution in [0.25, 0.3) is 120 Å². The first kappa shape index (κ1) is 34.3. The molecule has 0 fully saturated rings. The smallest absolute Gasteiger partial charge is 0.160 e. The second-order valence-electron chi connectivity index (χ2n) is 15.1. The van der Waals surface area contributed by atoms with Gasteiger partial charge in [-0.25, -0.2) is 9.97 Å². The molecule has 0 unspecified atom stereocenters. The normalized spacial score (nSPS) is 11.7. The minimum absolute atomic E-state index is 0.676. The van der Waals surface area contributed by atoms with Crippen LogP contribution in [0.3, 0.4) is 0 Å². The molecule has 0 aliphatic rings. The summed E-state index contributed by atoms with van der Waals surface area (Å²) in [5, 5.41) is 5.95. The van der Waals surface area contributed by atoms with Crippen LogP contribution in [0.4, 0.5) is 0 Å². The van der Waals surface area contributed by atoms with E-state index in [4.69, 9.17) is 14.4 Å². The second kappa shape index (κ2) is 14.0. The van der Waals surface area contributed by atoms with Gasteiger partial charge < -0.3 is 4.42 Å². The lowest BCUT2D eigenvalue weighted by molar-refractivity contribution is 0.670. The number of para-hydroxylation sites is 1. The summed E-state index contributed by atoms with van der Waals surface area (Å²) in [4.78, 5) is 14.8. The molecular weight excluding hydrogens is 751 g/mol. The number of hydrogen-bond donors (Lipinski definition) is 0. The van der Waals surface area contributed by atoms with E-state index in [2.05, 4.69) is 163 Å². The van der Waals surface area contributed by atoms with Gasteiger partial charge in [-0.1, -0.05) is 146 Å². The Labute approximate surface area is 349 Å². The Bertz CT molecular complexity index is 3580. The van der Waals surface area contributed by atoms with Gasteiger partial charge in [0.15, 0.2) is 5.82 Å². The van der Waals surface area contributed by atoms with Gasteiger partial charge >= 0.3 is 0 Å². The van der Waals surface area contributed by atoms with Gasteiger partial charge in [-0.15, -0.1) is 11.3 Å². The van der Waals surface area contributed by atoms with Gasteiger partial charge in [-0.3, -0.25) is 4.98 Å². The molecule has 4 nitrogen and oxygen atoms in total. The highest BCUT2D eigenvalue weighted by molar-refractivity contribution is 7.25. The van der Waals surface area contributed by atoms with Crippen LogP contribution in [-0.4, -0.2) is 15.0 Å². The molecule has 12 aromatic rings. The maximum absolute atomic E-state index is 6.72. The minimum atomic E-state index is 0.676. The Balaban J connectivity index is 0.941. The molecule has 4 aromatic heterocycles. The Morgan fingerprint density at radius 3 is 1.85 bits per heavy atom. The summed E-state index contributed by atoms with van der Waals surface area (Å²) >= 11 is 1.84. The molecule has 4 heterocycles. The quantitative estimate of drug-likeness (QED) is 0.169. The Morgan fingerprint density at radius 2 is 1.02 bits per heavy atom. The lowest BCUT2D eigenvalue weighted by Gasteiger charge is -2.12. The number of aromatic nitrogens is 3. The fourth-order valence-electron chi connectivity index (χ4n) is 8.65. The molecule has 8 aromatic carbocycles. The third-order valence-electron chi connectivity index (χ3n) is 11.6. The van der Waals surface area contributed by atoms with Crippen molar-refractivity contribution < 1.29 is 4.42 Å². The number of hydrogen-bond acceptors (Lipinski definition) is 5. The van der Waals surface area contributed by atoms with Gasteiger partial charge in [0.25, 0.3) is 0 Å². The van der Waals surface area contributed by atoms with Gasteiger partial charge in [-0.05, 0) is 76.3 Å². The van der Waals surface area contributed by atoms with Crippen LogP contribution in [0, 0.1) is 0 Å². The fourth-order valence-corrected chi connectivity index (χ4v) is 9.73. The third kappa shape index (κ3) is 5.78. The summed E-state index contributed by atoms with van der Waals surface area (Å²) in [7, 11) is 0. The standard InChI is InChI=1S/C55H33N3OS/c1-2-10-36(11-3-1)48-33-49(58-55(57-48)38-25-21-34(22-26-38)40-14-8-16-47-43(40)15-9-31-56-47)37-23-19-35(20-24-37)42-29-28-41(53-45-13-4-6-17-50(45)59-54(42)53)39-27-30-52-46(32-39)44-12-5-7-18-51(44)60-52/h1-33H. The fraction of sp³-hybridized carbons (Fsp3) is 0. The zero-order valence-electron chi connectivity index (χ0n) is 32.2. The first-order valence-corrected chi connectivity index (χ1v) is 20.9. The molecule has 0 N–H and O–H groups in total. The highest BCUT2D eigenvalue weighted by Crippen LogP contribution is 2.44. The SMILES string of the molecule is c1ccc(-c2cc(-c3ccc(-c4ccc(-c5ccc6sc7ccccc7c6c5)c5c4oc4ccccc45)cc3)nc(-c3ccc(-c4cccc5ncccc45)cc3)n2)cc1. The van der Waals surface area contributed by atoms with Crippen molar-refractivity contribution >= 4 is 64.4 Å². The monoisotopic (exact) mass is 783 g/mol. The van der Waals surface area contributed by atoms with Crippen molar-refractivity contribution in [2.75, 3.05) is 0 Å². The van der Waals surface area contributed by atoms with Crippen LogP contribution in [-0.2, 0) is 0 Å². The number of pyridine rings is 1. The predicted molar refractivity (Wildman–Crippen MR) is 250 cm³/mol. The number of furan rings is 1. The molecular formula is C55H33N3OS. The first-order valence-electron chi connectivity index (χ1n) is 20.1. The number of fused-ring (bicyclic) bond motifs is 7. The molecule has 0 spiro atoms. The zero-order valence-corrected chi connectivity index (χ0v) is 33.0. The average Bonchev–Trinajstić information content (AvgIpc) is 3.90. The van der Waals surface area contributed by atoms with Crippen molar-refractivity contribution in [1.82, 2.24) is 15.0 Å². The Morgan fingerprint density at radius 1 is 0.383 bits per heavy atom. The molecule has 0 amide bonds. The maximum atomic E-state index is 6.72.